The van der Waals surface area contributed by atoms with Gasteiger partial charge in [0, 0.05) is 18.4 Å². The third kappa shape index (κ3) is 4.77. The molecule has 1 amide bonds. The van der Waals surface area contributed by atoms with Crippen LogP contribution in [0.2, 0.25) is 0 Å². The molecule has 0 unspecified atom stereocenters. The fraction of sp³-hybridized carbons (Fsp3) is 0.294. The number of carboxylic acid groups (broad SMARTS) is 1. The van der Waals surface area contributed by atoms with Crippen molar-refractivity contribution in [2.75, 3.05) is 13.2 Å². The Hall–Kier alpha value is -2.56. The van der Waals surface area contributed by atoms with Crippen molar-refractivity contribution in [3.63, 3.8) is 0 Å². The van der Waals surface area contributed by atoms with Crippen LogP contribution in [0.3, 0.4) is 0 Å². The normalized spacial score (nSPS) is 10.4. The number of hydrogen-bond donors (Lipinski definition) is 2. The maximum absolute atomic E-state index is 11.7. The number of ether oxygens (including phenoxy) is 1. The highest BCUT2D eigenvalue weighted by Gasteiger charge is 2.05. The first-order valence-electron chi connectivity index (χ1n) is 7.26. The number of unbranched alkanes of at least 4 members (excludes halogenated alkanes) is 1. The van der Waals surface area contributed by atoms with Gasteiger partial charge in [0.15, 0.2) is 6.61 Å². The van der Waals surface area contributed by atoms with E-state index in [9.17, 15) is 9.59 Å². The zero-order chi connectivity index (χ0) is 15.8. The summed E-state index contributed by atoms with van der Waals surface area (Å²) in [4.78, 5) is 22.1. The Morgan fingerprint density at radius 3 is 2.64 bits per heavy atom. The molecule has 2 N–H and O–H groups in total. The van der Waals surface area contributed by atoms with Crippen LogP contribution in [-0.2, 0) is 9.59 Å². The Labute approximate surface area is 128 Å². The van der Waals surface area contributed by atoms with Gasteiger partial charge in [0.1, 0.15) is 5.75 Å². The molecule has 0 radical (unpaired) electrons. The highest BCUT2D eigenvalue weighted by Crippen LogP contribution is 2.24. The minimum atomic E-state index is -0.814. The van der Waals surface area contributed by atoms with E-state index in [1.54, 1.807) is 0 Å². The van der Waals surface area contributed by atoms with Gasteiger partial charge in [-0.2, -0.15) is 0 Å². The molecule has 0 fully saturated rings. The highest BCUT2D eigenvalue weighted by atomic mass is 16.5. The first-order valence-corrected chi connectivity index (χ1v) is 7.26. The van der Waals surface area contributed by atoms with Gasteiger partial charge in [0.25, 0.3) is 5.91 Å². The van der Waals surface area contributed by atoms with E-state index in [1.165, 1.54) is 0 Å². The fourth-order valence-corrected chi connectivity index (χ4v) is 2.14. The van der Waals surface area contributed by atoms with Gasteiger partial charge in [-0.1, -0.05) is 36.4 Å². The maximum Gasteiger partial charge on any atom is 0.303 e. The summed E-state index contributed by atoms with van der Waals surface area (Å²) >= 11 is 0. The van der Waals surface area contributed by atoms with Crippen molar-refractivity contribution in [1.29, 1.82) is 0 Å². The number of fused-ring (bicyclic) bond motifs is 1. The molecule has 0 aliphatic rings. The zero-order valence-corrected chi connectivity index (χ0v) is 12.2. The fourth-order valence-electron chi connectivity index (χ4n) is 2.14. The smallest absolute Gasteiger partial charge is 0.303 e. The molecule has 0 aliphatic carbocycles. The van der Waals surface area contributed by atoms with Crippen molar-refractivity contribution in [2.45, 2.75) is 19.3 Å². The summed E-state index contributed by atoms with van der Waals surface area (Å²) in [6, 6.07) is 13.5. The average molecular weight is 301 g/mol. The Bertz CT molecular complexity index is 649. The monoisotopic (exact) mass is 301 g/mol. The molecular formula is C17H19NO4. The molecule has 5 heteroatoms. The van der Waals surface area contributed by atoms with Crippen molar-refractivity contribution < 1.29 is 19.4 Å². The van der Waals surface area contributed by atoms with Crippen LogP contribution in [0, 0.1) is 0 Å². The molecule has 0 aliphatic heterocycles. The number of hydrogen-bond acceptors (Lipinski definition) is 3. The van der Waals surface area contributed by atoms with Gasteiger partial charge >= 0.3 is 5.97 Å². The van der Waals surface area contributed by atoms with E-state index in [0.29, 0.717) is 25.1 Å². The Kier molecular flexibility index (Phi) is 5.77. The largest absolute Gasteiger partial charge is 0.483 e. The molecule has 0 saturated heterocycles. The zero-order valence-electron chi connectivity index (χ0n) is 12.2. The van der Waals surface area contributed by atoms with Gasteiger partial charge < -0.3 is 15.2 Å². The van der Waals surface area contributed by atoms with Gasteiger partial charge in [-0.3, -0.25) is 9.59 Å². The number of carboxylic acids is 1. The molecule has 2 aromatic rings. The third-order valence-electron chi connectivity index (χ3n) is 3.25. The number of nitrogens with one attached hydrogen (secondary N) is 1. The van der Waals surface area contributed by atoms with E-state index in [4.69, 9.17) is 9.84 Å². The van der Waals surface area contributed by atoms with Gasteiger partial charge in [-0.15, -0.1) is 0 Å². The SMILES string of the molecule is O=C(O)CCCCNC(=O)COc1cccc2ccccc12. The lowest BCUT2D eigenvalue weighted by atomic mass is 10.1. The predicted octanol–water partition coefficient (Wildman–Crippen LogP) is 2.59. The Morgan fingerprint density at radius 1 is 1.05 bits per heavy atom. The standard InChI is InChI=1S/C17H19NO4/c19-16(18-11-4-3-10-17(20)21)12-22-15-9-5-7-13-6-1-2-8-14(13)15/h1-2,5-9H,3-4,10-12H2,(H,18,19)(H,20,21). The average Bonchev–Trinajstić information content (AvgIpc) is 2.52. The van der Waals surface area contributed by atoms with Crippen molar-refractivity contribution >= 4 is 22.6 Å². The minimum absolute atomic E-state index is 0.0487. The van der Waals surface area contributed by atoms with Crippen LogP contribution in [-0.4, -0.2) is 30.1 Å². The van der Waals surface area contributed by atoms with E-state index in [1.807, 2.05) is 42.5 Å². The van der Waals surface area contributed by atoms with Crippen LogP contribution in [0.1, 0.15) is 19.3 Å². The van der Waals surface area contributed by atoms with E-state index in [2.05, 4.69) is 5.32 Å². The molecule has 0 atom stereocenters. The second-order valence-corrected chi connectivity index (χ2v) is 4.97. The molecule has 0 saturated carbocycles. The molecule has 22 heavy (non-hydrogen) atoms. The summed E-state index contributed by atoms with van der Waals surface area (Å²) in [6.07, 6.45) is 1.33. The van der Waals surface area contributed by atoms with Gasteiger partial charge in [-0.25, -0.2) is 0 Å². The van der Waals surface area contributed by atoms with Gasteiger partial charge in [-0.05, 0) is 24.3 Å². The summed E-state index contributed by atoms with van der Waals surface area (Å²) in [5.41, 5.74) is 0. The van der Waals surface area contributed by atoms with Crippen LogP contribution in [0.4, 0.5) is 0 Å². The molecule has 0 spiro atoms. The molecular weight excluding hydrogens is 282 g/mol. The van der Waals surface area contributed by atoms with Crippen LogP contribution in [0.5, 0.6) is 5.75 Å². The second kappa shape index (κ2) is 8.02. The lowest BCUT2D eigenvalue weighted by Gasteiger charge is -2.09. The molecule has 0 bridgehead atoms. The summed E-state index contributed by atoms with van der Waals surface area (Å²) in [5, 5.41) is 13.3. The summed E-state index contributed by atoms with van der Waals surface area (Å²) in [6.45, 7) is 0.415. The van der Waals surface area contributed by atoms with Crippen molar-refractivity contribution in [3.05, 3.63) is 42.5 Å². The lowest BCUT2D eigenvalue weighted by molar-refractivity contribution is -0.137. The van der Waals surface area contributed by atoms with E-state index in [0.717, 1.165) is 10.8 Å². The summed E-state index contributed by atoms with van der Waals surface area (Å²) in [7, 11) is 0. The van der Waals surface area contributed by atoms with Gasteiger partial charge in [0.05, 0.1) is 0 Å². The number of rotatable bonds is 8. The maximum atomic E-state index is 11.7. The predicted molar refractivity (Wildman–Crippen MR) is 83.9 cm³/mol. The third-order valence-corrected chi connectivity index (χ3v) is 3.25. The molecule has 2 aromatic carbocycles. The molecule has 2 rings (SSSR count). The van der Waals surface area contributed by atoms with E-state index < -0.39 is 5.97 Å². The lowest BCUT2D eigenvalue weighted by Crippen LogP contribution is -2.29. The number of amides is 1. The molecule has 0 heterocycles. The van der Waals surface area contributed by atoms with Crippen LogP contribution in [0.15, 0.2) is 42.5 Å². The topological polar surface area (TPSA) is 75.6 Å². The number of aliphatic carboxylic acids is 1. The highest BCUT2D eigenvalue weighted by molar-refractivity contribution is 5.88. The molecule has 5 nitrogen and oxygen atoms in total. The van der Waals surface area contributed by atoms with Crippen LogP contribution < -0.4 is 10.1 Å². The van der Waals surface area contributed by atoms with Crippen molar-refractivity contribution in [3.8, 4) is 5.75 Å². The van der Waals surface area contributed by atoms with Crippen LogP contribution in [0.25, 0.3) is 10.8 Å². The number of carbonyl (C=O) groups is 2. The van der Waals surface area contributed by atoms with E-state index >= 15 is 0 Å². The summed E-state index contributed by atoms with van der Waals surface area (Å²) in [5.74, 6) is -0.340. The molecule has 116 valence electrons. The van der Waals surface area contributed by atoms with Crippen LogP contribution >= 0.6 is 0 Å². The Morgan fingerprint density at radius 2 is 1.82 bits per heavy atom. The minimum Gasteiger partial charge on any atom is -0.483 e. The van der Waals surface area contributed by atoms with E-state index in [-0.39, 0.29) is 18.9 Å². The molecule has 0 aromatic heterocycles. The quantitative estimate of drug-likeness (QED) is 0.735. The number of benzene rings is 2. The van der Waals surface area contributed by atoms with Crippen molar-refractivity contribution in [1.82, 2.24) is 5.32 Å². The second-order valence-electron chi connectivity index (χ2n) is 4.97. The van der Waals surface area contributed by atoms with Gasteiger partial charge in [0.2, 0.25) is 0 Å². The van der Waals surface area contributed by atoms with Crippen molar-refractivity contribution in [2.24, 2.45) is 0 Å². The number of carbonyl (C=O) groups excluding carboxylic acids is 1. The first kappa shape index (κ1) is 15.8. The first-order chi connectivity index (χ1) is 10.7. The summed E-state index contributed by atoms with van der Waals surface area (Å²) < 4.78 is 5.57. The Balaban J connectivity index is 1.77.